The van der Waals surface area contributed by atoms with Crippen molar-refractivity contribution in [3.63, 3.8) is 0 Å². The van der Waals surface area contributed by atoms with Crippen LogP contribution in [0.25, 0.3) is 22.2 Å². The first-order valence-corrected chi connectivity index (χ1v) is 18.0. The average Bonchev–Trinajstić information content (AvgIpc) is 3.63. The zero-order valence-electron chi connectivity index (χ0n) is 29.4. The third-order valence-corrected chi connectivity index (χ3v) is 8.68. The van der Waals surface area contributed by atoms with Crippen molar-refractivity contribution in [2.45, 2.75) is 32.6 Å². The van der Waals surface area contributed by atoms with E-state index >= 15 is 0 Å². The van der Waals surface area contributed by atoms with Crippen molar-refractivity contribution in [1.29, 1.82) is 0 Å². The first-order chi connectivity index (χ1) is 24.8. The minimum atomic E-state index is -3.63. The molecule has 0 radical (unpaired) electrons. The second-order valence-electron chi connectivity index (χ2n) is 13.0. The third kappa shape index (κ3) is 8.21. The smallest absolute Gasteiger partial charge is 0.323 e. The van der Waals surface area contributed by atoms with Crippen molar-refractivity contribution in [3.05, 3.63) is 102 Å². The molecule has 0 aliphatic rings. The van der Waals surface area contributed by atoms with E-state index in [2.05, 4.69) is 41.0 Å². The molecule has 52 heavy (non-hydrogen) atoms. The number of rotatable bonds is 11. The van der Waals surface area contributed by atoms with Gasteiger partial charge in [-0.05, 0) is 64.2 Å². The average molecular weight is 723 g/mol. The fourth-order valence-corrected chi connectivity index (χ4v) is 6.21. The van der Waals surface area contributed by atoms with Crippen LogP contribution in [0, 0.1) is 0 Å². The summed E-state index contributed by atoms with van der Waals surface area (Å²) in [4.78, 5) is 18.0. The molecule has 6 rings (SSSR count). The zero-order chi connectivity index (χ0) is 37.0. The normalized spacial score (nSPS) is 11.6. The van der Waals surface area contributed by atoms with Gasteiger partial charge >= 0.3 is 6.03 Å². The second-order valence-corrected chi connectivity index (χ2v) is 14.7. The van der Waals surface area contributed by atoms with E-state index in [1.165, 1.54) is 7.11 Å². The standard InChI is InChI=1S/C37H38N8O6S/c1-37(2,3)23-19-30(34(50-5)31(20-23)43-52(6,47)48)40-36(46)39-29-13-14-32(27-10-8-7-9-26(27)29)51-25-15-16-38-24(21-25)17-22-11-12-28(33(18-22)49-4)35-41-44-45-42-35/h7-16,18-21,43H,17H2,1-6H3,(H2,39,40,46)(H,41,42,44,45). The van der Waals surface area contributed by atoms with Crippen molar-refractivity contribution in [3.8, 4) is 34.4 Å². The molecule has 4 N–H and O–H groups in total. The molecule has 2 amide bonds. The molecule has 14 nitrogen and oxygen atoms in total. The van der Waals surface area contributed by atoms with Crippen LogP contribution in [0.5, 0.6) is 23.0 Å². The fraction of sp³-hybridized carbons (Fsp3) is 0.216. The molecule has 268 valence electrons. The van der Waals surface area contributed by atoms with Gasteiger partial charge in [-0.25, -0.2) is 13.2 Å². The number of amides is 2. The van der Waals surface area contributed by atoms with Crippen LogP contribution in [0.15, 0.2) is 85.1 Å². The second kappa shape index (κ2) is 14.6. The third-order valence-electron chi connectivity index (χ3n) is 8.09. The summed E-state index contributed by atoms with van der Waals surface area (Å²) in [5, 5.41) is 21.5. The number of aromatic nitrogens is 5. The topological polar surface area (TPSA) is 182 Å². The first kappa shape index (κ1) is 35.6. The number of carbonyl (C=O) groups is 1. The molecular weight excluding hydrogens is 685 g/mol. The van der Waals surface area contributed by atoms with Crippen LogP contribution in [-0.2, 0) is 21.9 Å². The Kier molecular flexibility index (Phi) is 9.97. The number of hydrogen-bond acceptors (Lipinski definition) is 10. The van der Waals surface area contributed by atoms with E-state index in [0.717, 1.165) is 39.4 Å². The lowest BCUT2D eigenvalue weighted by atomic mass is 9.86. The van der Waals surface area contributed by atoms with Gasteiger partial charge in [-0.3, -0.25) is 9.71 Å². The Hall–Kier alpha value is -6.22. The molecule has 0 spiro atoms. The zero-order valence-corrected chi connectivity index (χ0v) is 30.3. The Morgan fingerprint density at radius 2 is 1.60 bits per heavy atom. The SMILES string of the molecule is COc1cc(Cc2cc(Oc3ccc(NC(=O)Nc4cc(C(C)(C)C)cc(NS(C)(=O)=O)c4OC)c4ccccc34)ccn2)ccc1-c1nn[nH]n1. The number of fused-ring (bicyclic) bond motifs is 1. The number of tetrazole rings is 1. The van der Waals surface area contributed by atoms with E-state index in [1.54, 1.807) is 43.6 Å². The number of methoxy groups -OCH3 is 2. The summed E-state index contributed by atoms with van der Waals surface area (Å²) in [7, 11) is -0.629. The minimum absolute atomic E-state index is 0.180. The summed E-state index contributed by atoms with van der Waals surface area (Å²) in [6.07, 6.45) is 3.27. The van der Waals surface area contributed by atoms with Gasteiger partial charge in [0, 0.05) is 35.2 Å². The fourth-order valence-electron chi connectivity index (χ4n) is 5.65. The van der Waals surface area contributed by atoms with Crippen LogP contribution in [0.3, 0.4) is 0 Å². The van der Waals surface area contributed by atoms with Gasteiger partial charge in [0.05, 0.1) is 43.1 Å². The number of benzene rings is 4. The monoisotopic (exact) mass is 722 g/mol. The van der Waals surface area contributed by atoms with Gasteiger partial charge in [0.1, 0.15) is 17.2 Å². The number of anilines is 3. The molecule has 0 unspecified atom stereocenters. The lowest BCUT2D eigenvalue weighted by Gasteiger charge is -2.24. The van der Waals surface area contributed by atoms with Crippen LogP contribution in [0.4, 0.5) is 21.9 Å². The number of sulfonamides is 1. The molecule has 15 heteroatoms. The van der Waals surface area contributed by atoms with E-state index in [4.69, 9.17) is 14.2 Å². The quantitative estimate of drug-likeness (QED) is 0.107. The van der Waals surface area contributed by atoms with Gasteiger partial charge in [-0.2, -0.15) is 5.21 Å². The van der Waals surface area contributed by atoms with Crippen molar-refractivity contribution >= 4 is 43.9 Å². The summed E-state index contributed by atoms with van der Waals surface area (Å²) in [6.45, 7) is 5.96. The Morgan fingerprint density at radius 1 is 0.846 bits per heavy atom. The Morgan fingerprint density at radius 3 is 2.29 bits per heavy atom. The summed E-state index contributed by atoms with van der Waals surface area (Å²) < 4.78 is 44.3. The summed E-state index contributed by atoms with van der Waals surface area (Å²) >= 11 is 0. The van der Waals surface area contributed by atoms with Gasteiger partial charge in [0.2, 0.25) is 15.8 Å². The van der Waals surface area contributed by atoms with Gasteiger partial charge in [0.25, 0.3) is 0 Å². The number of H-pyrrole nitrogens is 1. The summed E-state index contributed by atoms with van der Waals surface area (Å²) in [5.41, 5.74) is 3.97. The van der Waals surface area contributed by atoms with E-state index in [9.17, 15) is 13.2 Å². The summed E-state index contributed by atoms with van der Waals surface area (Å²) in [6, 6.07) is 23.4. The Balaban J connectivity index is 1.22. The minimum Gasteiger partial charge on any atom is -0.496 e. The molecule has 2 aromatic heterocycles. The molecule has 2 heterocycles. The number of pyridine rings is 1. The van der Waals surface area contributed by atoms with Gasteiger partial charge in [-0.1, -0.05) is 51.1 Å². The van der Waals surface area contributed by atoms with Crippen LogP contribution >= 0.6 is 0 Å². The van der Waals surface area contributed by atoms with Gasteiger partial charge in [-0.15, -0.1) is 10.2 Å². The number of hydrogen-bond donors (Lipinski definition) is 4. The molecule has 6 aromatic rings. The van der Waals surface area contributed by atoms with Gasteiger partial charge < -0.3 is 24.8 Å². The molecule has 0 aliphatic heterocycles. The molecule has 4 aromatic carbocycles. The number of ether oxygens (including phenoxy) is 3. The molecule has 0 saturated heterocycles. The highest BCUT2D eigenvalue weighted by Gasteiger charge is 2.23. The maximum Gasteiger partial charge on any atom is 0.323 e. The number of carbonyl (C=O) groups excluding carboxylic acids is 1. The Bertz CT molecular complexity index is 2360. The molecule has 0 bridgehead atoms. The molecule has 0 fully saturated rings. The first-order valence-electron chi connectivity index (χ1n) is 16.1. The van der Waals surface area contributed by atoms with Crippen LogP contribution in [0.1, 0.15) is 37.6 Å². The summed E-state index contributed by atoms with van der Waals surface area (Å²) in [5.74, 6) is 2.41. The number of urea groups is 1. The van der Waals surface area contributed by atoms with E-state index < -0.39 is 16.1 Å². The molecule has 0 atom stereocenters. The lowest BCUT2D eigenvalue weighted by molar-refractivity contribution is 0.262. The number of aromatic amines is 1. The van der Waals surface area contributed by atoms with E-state index in [0.29, 0.717) is 40.9 Å². The molecular formula is C37H38N8O6S. The lowest BCUT2D eigenvalue weighted by Crippen LogP contribution is -2.22. The van der Waals surface area contributed by atoms with Crippen molar-refractivity contribution in [2.24, 2.45) is 0 Å². The van der Waals surface area contributed by atoms with Gasteiger partial charge in [0.15, 0.2) is 5.75 Å². The molecule has 0 aliphatic carbocycles. The van der Waals surface area contributed by atoms with E-state index in [-0.39, 0.29) is 16.9 Å². The predicted octanol–water partition coefficient (Wildman–Crippen LogP) is 7.13. The van der Waals surface area contributed by atoms with E-state index in [1.807, 2.05) is 69.3 Å². The maximum absolute atomic E-state index is 13.5. The van der Waals surface area contributed by atoms with Crippen molar-refractivity contribution in [1.82, 2.24) is 25.6 Å². The number of nitrogens with zero attached hydrogens (tertiary/aromatic N) is 4. The van der Waals surface area contributed by atoms with Crippen LogP contribution < -0.4 is 29.6 Å². The maximum atomic E-state index is 13.5. The highest BCUT2D eigenvalue weighted by atomic mass is 32.2. The highest BCUT2D eigenvalue weighted by molar-refractivity contribution is 7.92. The van der Waals surface area contributed by atoms with Crippen LogP contribution in [-0.4, -0.2) is 60.5 Å². The highest BCUT2D eigenvalue weighted by Crippen LogP contribution is 2.40. The largest absolute Gasteiger partial charge is 0.496 e. The van der Waals surface area contributed by atoms with Crippen LogP contribution in [0.2, 0.25) is 0 Å². The van der Waals surface area contributed by atoms with Crippen molar-refractivity contribution < 1.29 is 27.4 Å². The molecule has 0 saturated carbocycles. The number of nitrogens with one attached hydrogen (secondary N) is 4. The van der Waals surface area contributed by atoms with Crippen molar-refractivity contribution in [2.75, 3.05) is 35.8 Å². The Labute approximate surface area is 301 Å². The predicted molar refractivity (Wildman–Crippen MR) is 200 cm³/mol.